The fourth-order valence-electron chi connectivity index (χ4n) is 1.96. The van der Waals surface area contributed by atoms with Gasteiger partial charge in [0.2, 0.25) is 0 Å². The highest BCUT2D eigenvalue weighted by molar-refractivity contribution is 5.93. The number of carbonyl (C=O) groups is 2. The molecule has 0 spiro atoms. The van der Waals surface area contributed by atoms with E-state index < -0.39 is 29.2 Å². The molecule has 3 N–H and O–H groups in total. The Morgan fingerprint density at radius 2 is 2.20 bits per heavy atom. The number of nitrogens with zero attached hydrogens (tertiary/aromatic N) is 1. The monoisotopic (exact) mass is 283 g/mol. The van der Waals surface area contributed by atoms with Crippen molar-refractivity contribution in [1.29, 1.82) is 0 Å². The maximum Gasteiger partial charge on any atom is 0.325 e. The number of hydrogen-bond donors (Lipinski definition) is 3. The molecular formula is C11H13N3O6. The zero-order chi connectivity index (χ0) is 14.7. The standard InChI is InChI=1S/C11H13N3O6/c15-8(16)3-6-5-14(1-2-20-6)10(18)7-4-12-11(19)13-9(7)17/h4,6H,1-3,5H2,(H,15,16)(H2,12,13,17,19). The van der Waals surface area contributed by atoms with Crippen LogP contribution in [0.2, 0.25) is 0 Å². The van der Waals surface area contributed by atoms with E-state index in [9.17, 15) is 19.2 Å². The average Bonchev–Trinajstić information content (AvgIpc) is 2.37. The van der Waals surface area contributed by atoms with Crippen LogP contribution in [-0.2, 0) is 9.53 Å². The zero-order valence-corrected chi connectivity index (χ0v) is 10.4. The van der Waals surface area contributed by atoms with E-state index in [0.717, 1.165) is 6.20 Å². The smallest absolute Gasteiger partial charge is 0.325 e. The highest BCUT2D eigenvalue weighted by atomic mass is 16.5. The number of carbonyl (C=O) groups excluding carboxylic acids is 1. The van der Waals surface area contributed by atoms with Gasteiger partial charge in [0.25, 0.3) is 11.5 Å². The van der Waals surface area contributed by atoms with E-state index in [-0.39, 0.29) is 31.7 Å². The van der Waals surface area contributed by atoms with Gasteiger partial charge in [-0.1, -0.05) is 0 Å². The van der Waals surface area contributed by atoms with Gasteiger partial charge in [-0.05, 0) is 0 Å². The Morgan fingerprint density at radius 3 is 2.85 bits per heavy atom. The summed E-state index contributed by atoms with van der Waals surface area (Å²) in [7, 11) is 0. The second-order valence-corrected chi connectivity index (χ2v) is 4.33. The molecule has 1 saturated heterocycles. The lowest BCUT2D eigenvalue weighted by molar-refractivity contribution is -0.141. The highest BCUT2D eigenvalue weighted by Gasteiger charge is 2.27. The number of hydrogen-bond acceptors (Lipinski definition) is 5. The Morgan fingerprint density at radius 1 is 1.45 bits per heavy atom. The number of amides is 1. The van der Waals surface area contributed by atoms with E-state index in [2.05, 4.69) is 4.98 Å². The van der Waals surface area contributed by atoms with Gasteiger partial charge in [0.15, 0.2) is 0 Å². The topological polar surface area (TPSA) is 133 Å². The van der Waals surface area contributed by atoms with Crippen molar-refractivity contribution in [2.45, 2.75) is 12.5 Å². The number of aromatic nitrogens is 2. The fourth-order valence-corrected chi connectivity index (χ4v) is 1.96. The minimum Gasteiger partial charge on any atom is -0.481 e. The molecule has 1 aromatic heterocycles. The Hall–Kier alpha value is -2.42. The summed E-state index contributed by atoms with van der Waals surface area (Å²) in [5, 5.41) is 8.70. The van der Waals surface area contributed by atoms with Gasteiger partial charge in [-0.3, -0.25) is 19.4 Å². The Labute approximate surface area is 112 Å². The molecule has 1 unspecified atom stereocenters. The van der Waals surface area contributed by atoms with Crippen LogP contribution in [0.5, 0.6) is 0 Å². The second kappa shape index (κ2) is 5.70. The number of nitrogens with one attached hydrogen (secondary N) is 2. The van der Waals surface area contributed by atoms with Crippen molar-refractivity contribution in [1.82, 2.24) is 14.9 Å². The molecule has 0 bridgehead atoms. The molecule has 0 saturated carbocycles. The van der Waals surface area contributed by atoms with Crippen molar-refractivity contribution in [3.8, 4) is 0 Å². The first-order chi connectivity index (χ1) is 9.47. The molecular weight excluding hydrogens is 270 g/mol. The fraction of sp³-hybridized carbons (Fsp3) is 0.455. The third kappa shape index (κ3) is 3.12. The van der Waals surface area contributed by atoms with Gasteiger partial charge in [0.05, 0.1) is 19.1 Å². The Bertz CT molecular complexity index is 634. The van der Waals surface area contributed by atoms with Gasteiger partial charge < -0.3 is 19.7 Å². The first-order valence-electron chi connectivity index (χ1n) is 5.92. The van der Waals surface area contributed by atoms with Crippen molar-refractivity contribution in [3.63, 3.8) is 0 Å². The number of carboxylic acids is 1. The minimum atomic E-state index is -1.02. The third-order valence-electron chi connectivity index (χ3n) is 2.88. The van der Waals surface area contributed by atoms with Crippen molar-refractivity contribution in [2.75, 3.05) is 19.7 Å². The summed E-state index contributed by atoms with van der Waals surface area (Å²) in [6, 6.07) is 0. The molecule has 1 aromatic rings. The van der Waals surface area contributed by atoms with Crippen LogP contribution >= 0.6 is 0 Å². The number of ether oxygens (including phenoxy) is 1. The first-order valence-corrected chi connectivity index (χ1v) is 5.92. The number of H-pyrrole nitrogens is 2. The van der Waals surface area contributed by atoms with Crippen LogP contribution in [-0.4, -0.2) is 57.7 Å². The van der Waals surface area contributed by atoms with Crippen LogP contribution < -0.4 is 11.2 Å². The number of carboxylic acid groups (broad SMARTS) is 1. The predicted octanol–water partition coefficient (Wildman–Crippen LogP) is -1.62. The summed E-state index contributed by atoms with van der Waals surface area (Å²) in [6.45, 7) is 0.544. The second-order valence-electron chi connectivity index (χ2n) is 4.33. The van der Waals surface area contributed by atoms with Crippen molar-refractivity contribution >= 4 is 11.9 Å². The summed E-state index contributed by atoms with van der Waals surface area (Å²) in [5.74, 6) is -1.59. The molecule has 9 heteroatoms. The van der Waals surface area contributed by atoms with Gasteiger partial charge in [0, 0.05) is 19.3 Å². The molecule has 1 aliphatic heterocycles. The molecule has 0 aliphatic carbocycles. The molecule has 1 amide bonds. The van der Waals surface area contributed by atoms with Crippen molar-refractivity contribution < 1.29 is 19.4 Å². The van der Waals surface area contributed by atoms with Crippen LogP contribution in [0.15, 0.2) is 15.8 Å². The van der Waals surface area contributed by atoms with Crippen molar-refractivity contribution in [2.24, 2.45) is 0 Å². The summed E-state index contributed by atoms with van der Waals surface area (Å²) in [6.07, 6.45) is 0.226. The molecule has 9 nitrogen and oxygen atoms in total. The molecule has 20 heavy (non-hydrogen) atoms. The Kier molecular flexibility index (Phi) is 3.99. The Balaban J connectivity index is 2.14. The number of aromatic amines is 2. The van der Waals surface area contributed by atoms with Gasteiger partial charge in [-0.15, -0.1) is 0 Å². The minimum absolute atomic E-state index is 0.0870. The van der Waals surface area contributed by atoms with Gasteiger partial charge in [0.1, 0.15) is 5.56 Å². The quantitative estimate of drug-likeness (QED) is 0.610. The van der Waals surface area contributed by atoms with E-state index in [0.29, 0.717) is 0 Å². The number of aliphatic carboxylic acids is 1. The lowest BCUT2D eigenvalue weighted by Gasteiger charge is -2.32. The van der Waals surface area contributed by atoms with E-state index in [1.165, 1.54) is 4.90 Å². The van der Waals surface area contributed by atoms with Crippen LogP contribution in [0.3, 0.4) is 0 Å². The number of morpholine rings is 1. The molecule has 0 radical (unpaired) electrons. The molecule has 0 aromatic carbocycles. The van der Waals surface area contributed by atoms with Gasteiger partial charge >= 0.3 is 11.7 Å². The summed E-state index contributed by atoms with van der Waals surface area (Å²) in [4.78, 5) is 50.7. The maximum absolute atomic E-state index is 12.1. The number of rotatable bonds is 3. The molecule has 108 valence electrons. The van der Waals surface area contributed by atoms with E-state index >= 15 is 0 Å². The molecule has 2 rings (SSSR count). The highest BCUT2D eigenvalue weighted by Crippen LogP contribution is 2.10. The summed E-state index contributed by atoms with van der Waals surface area (Å²) < 4.78 is 5.24. The molecule has 1 fully saturated rings. The largest absolute Gasteiger partial charge is 0.481 e. The van der Waals surface area contributed by atoms with Crippen molar-refractivity contribution in [3.05, 3.63) is 32.6 Å². The lowest BCUT2D eigenvalue weighted by Crippen LogP contribution is -2.47. The molecule has 2 heterocycles. The predicted molar refractivity (Wildman–Crippen MR) is 65.6 cm³/mol. The SMILES string of the molecule is O=C(O)CC1CN(C(=O)c2c[nH]c(=O)[nH]c2=O)CCO1. The van der Waals surface area contributed by atoms with Crippen LogP contribution in [0.4, 0.5) is 0 Å². The van der Waals surface area contributed by atoms with E-state index in [1.807, 2.05) is 4.98 Å². The molecule has 1 aliphatic rings. The van der Waals surface area contributed by atoms with Gasteiger partial charge in [-0.2, -0.15) is 0 Å². The van der Waals surface area contributed by atoms with E-state index in [4.69, 9.17) is 9.84 Å². The first kappa shape index (κ1) is 14.0. The lowest BCUT2D eigenvalue weighted by atomic mass is 10.2. The maximum atomic E-state index is 12.1. The van der Waals surface area contributed by atoms with Crippen LogP contribution in [0, 0.1) is 0 Å². The summed E-state index contributed by atoms with van der Waals surface area (Å²) >= 11 is 0. The van der Waals surface area contributed by atoms with Crippen LogP contribution in [0.1, 0.15) is 16.8 Å². The zero-order valence-electron chi connectivity index (χ0n) is 10.4. The summed E-state index contributed by atoms with van der Waals surface area (Å²) in [5.41, 5.74) is -1.67. The molecule has 1 atom stereocenters. The normalized spacial score (nSPS) is 18.8. The van der Waals surface area contributed by atoms with Crippen LogP contribution in [0.25, 0.3) is 0 Å². The average molecular weight is 283 g/mol. The van der Waals surface area contributed by atoms with E-state index in [1.54, 1.807) is 0 Å². The van der Waals surface area contributed by atoms with Gasteiger partial charge in [-0.25, -0.2) is 4.79 Å². The third-order valence-corrected chi connectivity index (χ3v) is 2.88.